The highest BCUT2D eigenvalue weighted by Crippen LogP contribution is 2.33. The molecule has 1 aromatic heterocycles. The summed E-state index contributed by atoms with van der Waals surface area (Å²) in [4.78, 5) is 26.3. The van der Waals surface area contributed by atoms with Crippen LogP contribution in [-0.4, -0.2) is 28.1 Å². The first-order chi connectivity index (χ1) is 14.8. The summed E-state index contributed by atoms with van der Waals surface area (Å²) in [6, 6.07) is 13.8. The van der Waals surface area contributed by atoms with E-state index in [4.69, 9.17) is 0 Å². The second-order valence-corrected chi connectivity index (χ2v) is 7.25. The Labute approximate surface area is 176 Å². The van der Waals surface area contributed by atoms with Crippen molar-refractivity contribution in [2.45, 2.75) is 19.1 Å². The highest BCUT2D eigenvalue weighted by Gasteiger charge is 2.36. The number of carbonyl (C=O) groups excluding carboxylic acids is 2. The molecule has 2 aromatic carbocycles. The third-order valence-electron chi connectivity index (χ3n) is 5.18. The Hall–Kier alpha value is -3.62. The Bertz CT molecular complexity index is 1100. The third kappa shape index (κ3) is 4.45. The van der Waals surface area contributed by atoms with E-state index >= 15 is 0 Å². The average molecular weight is 428 g/mol. The van der Waals surface area contributed by atoms with Crippen molar-refractivity contribution in [1.29, 1.82) is 0 Å². The summed E-state index contributed by atoms with van der Waals surface area (Å²) in [5.74, 6) is -1.34. The molecule has 0 saturated carbocycles. The molecule has 1 atom stereocenters. The van der Waals surface area contributed by atoms with E-state index in [2.05, 4.69) is 10.4 Å². The zero-order valence-corrected chi connectivity index (χ0v) is 16.3. The predicted octanol–water partition coefficient (Wildman–Crippen LogP) is 3.56. The molecule has 0 bridgehead atoms. The zero-order valence-electron chi connectivity index (χ0n) is 16.3. The summed E-state index contributed by atoms with van der Waals surface area (Å²) in [6.07, 6.45) is -1.11. The maximum atomic E-state index is 13.0. The highest BCUT2D eigenvalue weighted by molar-refractivity contribution is 6.00. The molecule has 1 saturated heterocycles. The maximum absolute atomic E-state index is 13.0. The van der Waals surface area contributed by atoms with Gasteiger partial charge in [-0.3, -0.25) is 9.59 Å². The summed E-state index contributed by atoms with van der Waals surface area (Å²) in [7, 11) is 0. The van der Waals surface area contributed by atoms with Gasteiger partial charge in [0.25, 0.3) is 0 Å². The fraction of sp³-hybridized carbons (Fsp3) is 0.227. The zero-order chi connectivity index (χ0) is 22.0. The molecule has 2 amide bonds. The monoisotopic (exact) mass is 428 g/mol. The van der Waals surface area contributed by atoms with Crippen LogP contribution in [0.25, 0.3) is 5.69 Å². The highest BCUT2D eigenvalue weighted by atomic mass is 19.4. The van der Waals surface area contributed by atoms with Gasteiger partial charge in [-0.25, -0.2) is 4.68 Å². The van der Waals surface area contributed by atoms with Gasteiger partial charge in [0.05, 0.1) is 17.2 Å². The smallest absolute Gasteiger partial charge is 0.352 e. The van der Waals surface area contributed by atoms with Crippen molar-refractivity contribution < 1.29 is 22.8 Å². The fourth-order valence-corrected chi connectivity index (χ4v) is 3.60. The lowest BCUT2D eigenvalue weighted by Crippen LogP contribution is -2.33. The number of anilines is 1. The van der Waals surface area contributed by atoms with E-state index in [0.29, 0.717) is 0 Å². The lowest BCUT2D eigenvalue weighted by atomic mass is 10.1. The van der Waals surface area contributed by atoms with E-state index in [1.165, 1.54) is 17.0 Å². The molecule has 1 fully saturated rings. The van der Waals surface area contributed by atoms with Gasteiger partial charge in [-0.05, 0) is 35.9 Å². The minimum absolute atomic E-state index is 0.0345. The molecule has 1 aliphatic heterocycles. The number of halogens is 3. The van der Waals surface area contributed by atoms with E-state index in [0.717, 1.165) is 23.4 Å². The van der Waals surface area contributed by atoms with Crippen molar-refractivity contribution >= 4 is 17.5 Å². The Kier molecular flexibility index (Phi) is 5.50. The summed E-state index contributed by atoms with van der Waals surface area (Å²) < 4.78 is 40.6. The molecule has 6 nitrogen and oxygen atoms in total. The number of para-hydroxylation sites is 1. The van der Waals surface area contributed by atoms with Gasteiger partial charge < -0.3 is 10.2 Å². The molecule has 1 N–H and O–H groups in total. The minimum Gasteiger partial charge on any atom is -0.352 e. The van der Waals surface area contributed by atoms with Crippen LogP contribution in [0.1, 0.15) is 17.5 Å². The molecule has 1 unspecified atom stereocenters. The predicted molar refractivity (Wildman–Crippen MR) is 107 cm³/mol. The number of benzene rings is 2. The van der Waals surface area contributed by atoms with Crippen molar-refractivity contribution in [3.63, 3.8) is 0 Å². The number of hydrogen-bond donors (Lipinski definition) is 1. The summed E-state index contributed by atoms with van der Waals surface area (Å²) in [5, 5.41) is 7.03. The first-order valence-corrected chi connectivity index (χ1v) is 9.66. The van der Waals surface area contributed by atoms with Crippen molar-refractivity contribution in [3.8, 4) is 5.69 Å². The first kappa shape index (κ1) is 20.6. The Balaban J connectivity index is 1.43. The average Bonchev–Trinajstić information content (AvgIpc) is 3.42. The van der Waals surface area contributed by atoms with Gasteiger partial charge in [-0.2, -0.15) is 18.3 Å². The van der Waals surface area contributed by atoms with Crippen molar-refractivity contribution in [3.05, 3.63) is 78.1 Å². The summed E-state index contributed by atoms with van der Waals surface area (Å²) in [6.45, 7) is 0.274. The van der Waals surface area contributed by atoms with Crippen molar-refractivity contribution in [1.82, 2.24) is 15.1 Å². The number of rotatable bonds is 5. The van der Waals surface area contributed by atoms with Crippen LogP contribution in [0.2, 0.25) is 0 Å². The lowest BCUT2D eigenvalue weighted by Gasteiger charge is -2.18. The topological polar surface area (TPSA) is 67.2 Å². The second-order valence-electron chi connectivity index (χ2n) is 7.25. The first-order valence-electron chi connectivity index (χ1n) is 9.66. The molecular weight excluding hydrogens is 409 g/mol. The summed E-state index contributed by atoms with van der Waals surface area (Å²) in [5.41, 5.74) is 0.972. The SMILES string of the molecule is O=C(NCc1ccccc1-n1cccn1)C1CC(=O)N(c2cccc(C(F)(F)F)c2)C1. The normalized spacial score (nSPS) is 16.5. The number of carbonyl (C=O) groups is 2. The van der Waals surface area contributed by atoms with E-state index in [-0.39, 0.29) is 37.0 Å². The molecule has 0 radical (unpaired) electrons. The van der Waals surface area contributed by atoms with E-state index in [1.54, 1.807) is 23.1 Å². The van der Waals surface area contributed by atoms with Crippen LogP contribution < -0.4 is 10.2 Å². The third-order valence-corrected chi connectivity index (χ3v) is 5.18. The molecule has 31 heavy (non-hydrogen) atoms. The van der Waals surface area contributed by atoms with E-state index in [9.17, 15) is 22.8 Å². The van der Waals surface area contributed by atoms with Crippen LogP contribution in [0.4, 0.5) is 18.9 Å². The van der Waals surface area contributed by atoms with Crippen LogP contribution in [0.15, 0.2) is 67.0 Å². The van der Waals surface area contributed by atoms with Crippen LogP contribution in [0.3, 0.4) is 0 Å². The van der Waals surface area contributed by atoms with Gasteiger partial charge in [-0.15, -0.1) is 0 Å². The number of alkyl halides is 3. The lowest BCUT2D eigenvalue weighted by molar-refractivity contribution is -0.137. The number of aromatic nitrogens is 2. The number of nitrogens with zero attached hydrogens (tertiary/aromatic N) is 3. The maximum Gasteiger partial charge on any atom is 0.416 e. The van der Waals surface area contributed by atoms with E-state index < -0.39 is 17.7 Å². The molecule has 1 aliphatic rings. The van der Waals surface area contributed by atoms with Gasteiger partial charge >= 0.3 is 6.18 Å². The van der Waals surface area contributed by atoms with Gasteiger partial charge in [-0.1, -0.05) is 24.3 Å². The minimum atomic E-state index is -4.50. The van der Waals surface area contributed by atoms with Gasteiger partial charge in [0, 0.05) is 37.6 Å². The second kappa shape index (κ2) is 8.25. The molecule has 9 heteroatoms. The van der Waals surface area contributed by atoms with Gasteiger partial charge in [0.15, 0.2) is 0 Å². The number of amides is 2. The number of nitrogens with one attached hydrogen (secondary N) is 1. The molecule has 3 aromatic rings. The van der Waals surface area contributed by atoms with Crippen LogP contribution in [-0.2, 0) is 22.3 Å². The molecular formula is C22H19F3N4O2. The molecule has 4 rings (SSSR count). The van der Waals surface area contributed by atoms with Crippen molar-refractivity contribution in [2.75, 3.05) is 11.4 Å². The molecule has 0 spiro atoms. The van der Waals surface area contributed by atoms with Crippen LogP contribution in [0.5, 0.6) is 0 Å². The van der Waals surface area contributed by atoms with Gasteiger partial charge in [0.1, 0.15) is 0 Å². The number of hydrogen-bond acceptors (Lipinski definition) is 3. The van der Waals surface area contributed by atoms with Crippen LogP contribution in [0, 0.1) is 5.92 Å². The Morgan fingerprint density at radius 3 is 2.68 bits per heavy atom. The summed E-state index contributed by atoms with van der Waals surface area (Å²) >= 11 is 0. The quantitative estimate of drug-likeness (QED) is 0.676. The molecule has 160 valence electrons. The van der Waals surface area contributed by atoms with Gasteiger partial charge in [0.2, 0.25) is 11.8 Å². The van der Waals surface area contributed by atoms with Crippen LogP contribution >= 0.6 is 0 Å². The van der Waals surface area contributed by atoms with E-state index in [1.807, 2.05) is 24.3 Å². The standard InChI is InChI=1S/C22H19F3N4O2/c23-22(24,25)17-6-3-7-18(12-17)28-14-16(11-20(28)30)21(31)26-13-15-5-1-2-8-19(15)29-10-4-9-27-29/h1-10,12,16H,11,13-14H2,(H,26,31). The van der Waals surface area contributed by atoms with Crippen molar-refractivity contribution in [2.24, 2.45) is 5.92 Å². The Morgan fingerprint density at radius 2 is 1.94 bits per heavy atom. The largest absolute Gasteiger partial charge is 0.416 e. The fourth-order valence-electron chi connectivity index (χ4n) is 3.60. The molecule has 2 heterocycles. The molecule has 0 aliphatic carbocycles. The Morgan fingerprint density at radius 1 is 1.13 bits per heavy atom.